The van der Waals surface area contributed by atoms with Crippen LogP contribution in [0.5, 0.6) is 0 Å². The van der Waals surface area contributed by atoms with Crippen molar-refractivity contribution in [3.05, 3.63) is 35.4 Å². The number of benzene rings is 1. The number of rotatable bonds is 2. The van der Waals surface area contributed by atoms with Gasteiger partial charge >= 0.3 is 0 Å². The molecule has 2 unspecified atom stereocenters. The van der Waals surface area contributed by atoms with Gasteiger partial charge in [-0.25, -0.2) is 4.39 Å². The summed E-state index contributed by atoms with van der Waals surface area (Å²) >= 11 is 0. The van der Waals surface area contributed by atoms with Crippen molar-refractivity contribution in [2.45, 2.75) is 50.7 Å². The lowest BCUT2D eigenvalue weighted by molar-refractivity contribution is 0.172. The second-order valence-corrected chi connectivity index (χ2v) is 5.24. The fraction of sp³-hybridized carbons (Fsp3) is 0.571. The summed E-state index contributed by atoms with van der Waals surface area (Å²) in [7, 11) is 0. The molecule has 88 valence electrons. The van der Waals surface area contributed by atoms with E-state index in [4.69, 9.17) is 5.73 Å². The topological polar surface area (TPSA) is 26.0 Å². The van der Waals surface area contributed by atoms with Crippen LogP contribution in [0.3, 0.4) is 0 Å². The summed E-state index contributed by atoms with van der Waals surface area (Å²) in [5, 5.41) is 0. The SMILES string of the molecule is CC(C)c1ccc(C2(F)CCC(N)C2)cc1. The molecule has 2 atom stereocenters. The van der Waals surface area contributed by atoms with E-state index in [1.807, 2.05) is 24.3 Å². The highest BCUT2D eigenvalue weighted by molar-refractivity contribution is 5.30. The van der Waals surface area contributed by atoms with Crippen LogP contribution in [0.15, 0.2) is 24.3 Å². The molecule has 0 heterocycles. The summed E-state index contributed by atoms with van der Waals surface area (Å²) in [6, 6.07) is 7.94. The van der Waals surface area contributed by atoms with Crippen LogP contribution in [0, 0.1) is 0 Å². The number of nitrogens with two attached hydrogens (primary N) is 1. The fourth-order valence-corrected chi connectivity index (χ4v) is 2.46. The number of hydrogen-bond acceptors (Lipinski definition) is 1. The zero-order valence-electron chi connectivity index (χ0n) is 10.0. The van der Waals surface area contributed by atoms with Crippen molar-refractivity contribution in [1.82, 2.24) is 0 Å². The Labute approximate surface area is 96.9 Å². The third kappa shape index (κ3) is 2.12. The Morgan fingerprint density at radius 1 is 1.31 bits per heavy atom. The first kappa shape index (κ1) is 11.6. The smallest absolute Gasteiger partial charge is 0.137 e. The van der Waals surface area contributed by atoms with Gasteiger partial charge in [0.15, 0.2) is 0 Å². The van der Waals surface area contributed by atoms with Gasteiger partial charge in [-0.3, -0.25) is 0 Å². The molecule has 2 N–H and O–H groups in total. The molecule has 1 saturated carbocycles. The van der Waals surface area contributed by atoms with Crippen LogP contribution in [-0.2, 0) is 5.67 Å². The van der Waals surface area contributed by atoms with Gasteiger partial charge in [0.1, 0.15) is 5.67 Å². The summed E-state index contributed by atoms with van der Waals surface area (Å²) in [5.74, 6) is 0.496. The lowest BCUT2D eigenvalue weighted by Gasteiger charge is -2.20. The molecule has 0 aromatic heterocycles. The molecule has 2 rings (SSSR count). The average Bonchev–Trinajstić information content (AvgIpc) is 2.60. The molecule has 16 heavy (non-hydrogen) atoms. The Bertz CT molecular complexity index is 358. The molecule has 1 aliphatic carbocycles. The second-order valence-electron chi connectivity index (χ2n) is 5.24. The van der Waals surface area contributed by atoms with Gasteiger partial charge in [-0.2, -0.15) is 0 Å². The van der Waals surface area contributed by atoms with E-state index >= 15 is 0 Å². The maximum Gasteiger partial charge on any atom is 0.137 e. The van der Waals surface area contributed by atoms with Gasteiger partial charge in [0.2, 0.25) is 0 Å². The monoisotopic (exact) mass is 221 g/mol. The average molecular weight is 221 g/mol. The zero-order valence-corrected chi connectivity index (χ0v) is 10.0. The molecule has 1 aromatic rings. The molecular weight excluding hydrogens is 201 g/mol. The van der Waals surface area contributed by atoms with Crippen molar-refractivity contribution in [3.8, 4) is 0 Å². The maximum atomic E-state index is 14.5. The van der Waals surface area contributed by atoms with Crippen molar-refractivity contribution in [3.63, 3.8) is 0 Å². The van der Waals surface area contributed by atoms with Crippen LogP contribution in [0.2, 0.25) is 0 Å². The van der Waals surface area contributed by atoms with Crippen molar-refractivity contribution in [2.24, 2.45) is 5.73 Å². The van der Waals surface area contributed by atoms with Gasteiger partial charge in [0.25, 0.3) is 0 Å². The van der Waals surface area contributed by atoms with Gasteiger partial charge in [0, 0.05) is 12.5 Å². The first-order valence-corrected chi connectivity index (χ1v) is 6.06. The molecule has 2 heteroatoms. The molecule has 1 nitrogen and oxygen atoms in total. The Hall–Kier alpha value is -0.890. The van der Waals surface area contributed by atoms with Crippen LogP contribution >= 0.6 is 0 Å². The number of halogens is 1. The minimum absolute atomic E-state index is 0.0229. The lowest BCUT2D eigenvalue weighted by Crippen LogP contribution is -2.21. The Kier molecular flexibility index (Phi) is 3.02. The van der Waals surface area contributed by atoms with Crippen LogP contribution in [0.4, 0.5) is 4.39 Å². The van der Waals surface area contributed by atoms with E-state index in [1.54, 1.807) is 0 Å². The van der Waals surface area contributed by atoms with Crippen molar-refractivity contribution in [1.29, 1.82) is 0 Å². The molecule has 0 radical (unpaired) electrons. The largest absolute Gasteiger partial charge is 0.328 e. The quantitative estimate of drug-likeness (QED) is 0.813. The van der Waals surface area contributed by atoms with Crippen molar-refractivity contribution in [2.75, 3.05) is 0 Å². The maximum absolute atomic E-state index is 14.5. The minimum Gasteiger partial charge on any atom is -0.328 e. The lowest BCUT2D eigenvalue weighted by atomic mass is 9.91. The van der Waals surface area contributed by atoms with Crippen LogP contribution < -0.4 is 5.73 Å². The summed E-state index contributed by atoms with van der Waals surface area (Å²) in [6.07, 6.45) is 1.83. The molecular formula is C14H20FN. The normalized spacial score (nSPS) is 29.9. The fourth-order valence-electron chi connectivity index (χ4n) is 2.46. The van der Waals surface area contributed by atoms with E-state index in [-0.39, 0.29) is 6.04 Å². The van der Waals surface area contributed by atoms with E-state index in [0.717, 1.165) is 12.0 Å². The standard InChI is InChI=1S/C14H20FN/c1-10(2)11-3-5-12(6-4-11)14(15)8-7-13(16)9-14/h3-6,10,13H,7-9,16H2,1-2H3. The van der Waals surface area contributed by atoms with E-state index in [1.165, 1.54) is 5.56 Å². The molecule has 0 amide bonds. The Morgan fingerprint density at radius 3 is 2.38 bits per heavy atom. The van der Waals surface area contributed by atoms with E-state index in [9.17, 15) is 4.39 Å². The van der Waals surface area contributed by atoms with Crippen molar-refractivity contribution >= 4 is 0 Å². The van der Waals surface area contributed by atoms with Crippen LogP contribution in [-0.4, -0.2) is 6.04 Å². The Balaban J connectivity index is 2.21. The van der Waals surface area contributed by atoms with E-state index in [0.29, 0.717) is 18.8 Å². The second kappa shape index (κ2) is 4.17. The predicted octanol–water partition coefficient (Wildman–Crippen LogP) is 3.49. The van der Waals surface area contributed by atoms with E-state index in [2.05, 4.69) is 13.8 Å². The van der Waals surface area contributed by atoms with Gasteiger partial charge in [0.05, 0.1) is 0 Å². The van der Waals surface area contributed by atoms with Gasteiger partial charge < -0.3 is 5.73 Å². The summed E-state index contributed by atoms with van der Waals surface area (Å²) in [4.78, 5) is 0. The summed E-state index contributed by atoms with van der Waals surface area (Å²) in [5.41, 5.74) is 6.66. The number of hydrogen-bond donors (Lipinski definition) is 1. The molecule has 1 aliphatic rings. The molecule has 0 aliphatic heterocycles. The highest BCUT2D eigenvalue weighted by atomic mass is 19.1. The molecule has 1 fully saturated rings. The van der Waals surface area contributed by atoms with Gasteiger partial charge in [-0.15, -0.1) is 0 Å². The molecule has 0 spiro atoms. The summed E-state index contributed by atoms with van der Waals surface area (Å²) < 4.78 is 14.5. The molecule has 1 aromatic carbocycles. The first-order valence-electron chi connectivity index (χ1n) is 6.06. The highest BCUT2D eigenvalue weighted by Gasteiger charge is 2.39. The molecule has 0 bridgehead atoms. The Morgan fingerprint density at radius 2 is 1.94 bits per heavy atom. The highest BCUT2D eigenvalue weighted by Crippen LogP contribution is 2.42. The predicted molar refractivity (Wildman–Crippen MR) is 65.1 cm³/mol. The molecule has 0 saturated heterocycles. The van der Waals surface area contributed by atoms with Gasteiger partial charge in [-0.05, 0) is 29.9 Å². The van der Waals surface area contributed by atoms with Crippen LogP contribution in [0.1, 0.15) is 50.2 Å². The van der Waals surface area contributed by atoms with Crippen LogP contribution in [0.25, 0.3) is 0 Å². The van der Waals surface area contributed by atoms with E-state index < -0.39 is 5.67 Å². The third-order valence-electron chi connectivity index (χ3n) is 3.59. The van der Waals surface area contributed by atoms with Gasteiger partial charge in [-0.1, -0.05) is 38.1 Å². The van der Waals surface area contributed by atoms with Crippen molar-refractivity contribution < 1.29 is 4.39 Å². The number of alkyl halides is 1. The first-order chi connectivity index (χ1) is 7.51. The minimum atomic E-state index is -1.19. The summed E-state index contributed by atoms with van der Waals surface area (Å²) in [6.45, 7) is 4.29. The third-order valence-corrected chi connectivity index (χ3v) is 3.59. The zero-order chi connectivity index (χ0) is 11.8.